The number of hydrogen-bond acceptors (Lipinski definition) is 3. The van der Waals surface area contributed by atoms with E-state index in [1.54, 1.807) is 0 Å². The molecule has 0 saturated carbocycles. The predicted octanol–water partition coefficient (Wildman–Crippen LogP) is 15.0. The summed E-state index contributed by atoms with van der Waals surface area (Å²) in [5.74, 6) is 1.90. The largest absolute Gasteiger partial charge is 0.309 e. The third-order valence-electron chi connectivity index (χ3n) is 12.8. The minimum atomic E-state index is 0.630. The van der Waals surface area contributed by atoms with E-state index in [1.165, 1.54) is 77.2 Å². The normalized spacial score (nSPS) is 11.6. The Bertz CT molecular complexity index is 3400. The maximum atomic E-state index is 5.12. The first-order valence-electron chi connectivity index (χ1n) is 21.8. The number of aromatic nitrogens is 5. The Hall–Kier alpha value is -8.41. The molecule has 0 bridgehead atoms. The molecule has 5 heteroatoms. The molecule has 0 fully saturated rings. The van der Waals surface area contributed by atoms with Crippen molar-refractivity contribution in [2.75, 3.05) is 0 Å². The van der Waals surface area contributed by atoms with Crippen molar-refractivity contribution in [1.29, 1.82) is 0 Å². The molecule has 3 aromatic heterocycles. The monoisotopic (exact) mass is 819 g/mol. The molecule has 9 aromatic carbocycles. The van der Waals surface area contributed by atoms with Gasteiger partial charge in [-0.2, -0.15) is 0 Å². The first-order chi connectivity index (χ1) is 31.6. The van der Waals surface area contributed by atoms with Gasteiger partial charge >= 0.3 is 0 Å². The van der Waals surface area contributed by atoms with E-state index in [4.69, 9.17) is 15.0 Å². The lowest BCUT2D eigenvalue weighted by Gasteiger charge is -2.16. The Kier molecular flexibility index (Phi) is 8.87. The zero-order valence-corrected chi connectivity index (χ0v) is 35.4. The van der Waals surface area contributed by atoms with Gasteiger partial charge in [-0.25, -0.2) is 15.0 Å². The fourth-order valence-electron chi connectivity index (χ4n) is 9.67. The number of fused-ring (bicyclic) bond motifs is 6. The van der Waals surface area contributed by atoms with Crippen LogP contribution in [0, 0.1) is 13.8 Å². The van der Waals surface area contributed by atoms with E-state index in [1.807, 2.05) is 18.2 Å². The maximum Gasteiger partial charge on any atom is 0.164 e. The highest BCUT2D eigenvalue weighted by Gasteiger charge is 2.18. The third kappa shape index (κ3) is 6.12. The van der Waals surface area contributed by atoms with E-state index in [-0.39, 0.29) is 0 Å². The van der Waals surface area contributed by atoms with E-state index in [0.717, 1.165) is 27.8 Å². The standard InChI is InChI=1S/C59H41N5/c1-38-45(22-14-28-51(38)63-53-24-10-6-18-47(53)48-19-7-11-25-54(48)63)40-30-34-43(35-31-40)58-60-57(42-16-4-3-5-17-42)61-59(62-58)44-36-32-41(33-37-44)46-23-15-29-52(39(46)2)64-55-26-12-8-20-49(55)50-21-9-13-27-56(50)64/h3-37H,1-2H3. The third-order valence-corrected chi connectivity index (χ3v) is 12.8. The molecule has 0 radical (unpaired) electrons. The zero-order valence-electron chi connectivity index (χ0n) is 35.4. The quantitative estimate of drug-likeness (QED) is 0.161. The van der Waals surface area contributed by atoms with Crippen LogP contribution in [0.1, 0.15) is 11.1 Å². The van der Waals surface area contributed by atoms with E-state index >= 15 is 0 Å². The van der Waals surface area contributed by atoms with Crippen LogP contribution in [0.5, 0.6) is 0 Å². The SMILES string of the molecule is Cc1c(-c2ccc(-c3nc(-c4ccccc4)nc(-c4ccc(-c5cccc(-n6c7ccccc7c7ccccc76)c5C)cc4)n3)cc2)cccc1-n1c2ccccc2c2ccccc21. The first-order valence-corrected chi connectivity index (χ1v) is 21.8. The fourth-order valence-corrected chi connectivity index (χ4v) is 9.67. The van der Waals surface area contributed by atoms with Gasteiger partial charge in [-0.15, -0.1) is 0 Å². The van der Waals surface area contributed by atoms with Gasteiger partial charge in [0.25, 0.3) is 0 Å². The summed E-state index contributed by atoms with van der Waals surface area (Å²) in [5, 5.41) is 5.02. The molecule has 0 unspecified atom stereocenters. The van der Waals surface area contributed by atoms with Crippen molar-refractivity contribution >= 4 is 43.6 Å². The molecule has 0 amide bonds. The van der Waals surface area contributed by atoms with Crippen molar-refractivity contribution < 1.29 is 0 Å². The molecule has 0 saturated heterocycles. The Morgan fingerprint density at radius 1 is 0.266 bits per heavy atom. The van der Waals surface area contributed by atoms with Crippen molar-refractivity contribution in [3.05, 3.63) is 223 Å². The van der Waals surface area contributed by atoms with Gasteiger partial charge in [0.05, 0.1) is 22.1 Å². The highest BCUT2D eigenvalue weighted by Crippen LogP contribution is 2.38. The second kappa shape index (κ2) is 15.2. The van der Waals surface area contributed by atoms with Crippen LogP contribution in [0.4, 0.5) is 0 Å². The van der Waals surface area contributed by atoms with Crippen molar-refractivity contribution in [1.82, 2.24) is 24.1 Å². The molecule has 12 rings (SSSR count). The first kappa shape index (κ1) is 37.4. The lowest BCUT2D eigenvalue weighted by Crippen LogP contribution is -2.01. The smallest absolute Gasteiger partial charge is 0.164 e. The van der Waals surface area contributed by atoms with Gasteiger partial charge in [0.1, 0.15) is 0 Å². The fraction of sp³-hybridized carbons (Fsp3) is 0.0339. The summed E-state index contributed by atoms with van der Waals surface area (Å²) >= 11 is 0. The molecule has 0 aliphatic rings. The van der Waals surface area contributed by atoms with E-state index in [9.17, 15) is 0 Å². The molecule has 12 aromatic rings. The minimum Gasteiger partial charge on any atom is -0.309 e. The molecule has 5 nitrogen and oxygen atoms in total. The molecule has 0 aliphatic heterocycles. The Morgan fingerprint density at radius 3 is 0.922 bits per heavy atom. The predicted molar refractivity (Wildman–Crippen MR) is 265 cm³/mol. The summed E-state index contributed by atoms with van der Waals surface area (Å²) in [6.07, 6.45) is 0. The highest BCUT2D eigenvalue weighted by molar-refractivity contribution is 6.10. The van der Waals surface area contributed by atoms with Crippen LogP contribution >= 0.6 is 0 Å². The van der Waals surface area contributed by atoms with Crippen LogP contribution in [0.25, 0.3) is 111 Å². The number of nitrogens with zero attached hydrogens (tertiary/aromatic N) is 5. The van der Waals surface area contributed by atoms with Crippen molar-refractivity contribution in [3.63, 3.8) is 0 Å². The lowest BCUT2D eigenvalue weighted by molar-refractivity contribution is 1.07. The van der Waals surface area contributed by atoms with Crippen molar-refractivity contribution in [2.24, 2.45) is 0 Å². The Balaban J connectivity index is 0.902. The zero-order chi connectivity index (χ0) is 42.7. The van der Waals surface area contributed by atoms with E-state index in [0.29, 0.717) is 17.5 Å². The second-order valence-corrected chi connectivity index (χ2v) is 16.5. The molecule has 0 spiro atoms. The number of benzene rings is 9. The summed E-state index contributed by atoms with van der Waals surface area (Å²) in [6.45, 7) is 4.45. The van der Waals surface area contributed by atoms with Gasteiger partial charge in [-0.05, 0) is 83.6 Å². The van der Waals surface area contributed by atoms with Gasteiger partial charge < -0.3 is 9.13 Å². The molecular weight excluding hydrogens is 779 g/mol. The molecule has 0 N–H and O–H groups in total. The minimum absolute atomic E-state index is 0.630. The van der Waals surface area contributed by atoms with E-state index < -0.39 is 0 Å². The van der Waals surface area contributed by atoms with Gasteiger partial charge in [-0.1, -0.05) is 176 Å². The number of rotatable bonds is 7. The van der Waals surface area contributed by atoms with Crippen LogP contribution in [-0.4, -0.2) is 24.1 Å². The van der Waals surface area contributed by atoms with Gasteiger partial charge in [-0.3, -0.25) is 0 Å². The van der Waals surface area contributed by atoms with Crippen LogP contribution < -0.4 is 0 Å². The average Bonchev–Trinajstić information content (AvgIpc) is 3.87. The van der Waals surface area contributed by atoms with Crippen molar-refractivity contribution in [2.45, 2.75) is 13.8 Å². The van der Waals surface area contributed by atoms with Crippen molar-refractivity contribution in [3.8, 4) is 67.8 Å². The molecular formula is C59H41N5. The molecule has 64 heavy (non-hydrogen) atoms. The number of hydrogen-bond donors (Lipinski definition) is 0. The highest BCUT2D eigenvalue weighted by atomic mass is 15.0. The van der Waals surface area contributed by atoms with Crippen LogP contribution in [0.2, 0.25) is 0 Å². The summed E-state index contributed by atoms with van der Waals surface area (Å²) in [6, 6.07) is 75.3. The van der Waals surface area contributed by atoms with Crippen LogP contribution in [-0.2, 0) is 0 Å². The van der Waals surface area contributed by atoms with Gasteiger partial charge in [0.2, 0.25) is 0 Å². The average molecular weight is 820 g/mol. The van der Waals surface area contributed by atoms with E-state index in [2.05, 4.69) is 217 Å². The second-order valence-electron chi connectivity index (χ2n) is 16.5. The van der Waals surface area contributed by atoms with Gasteiger partial charge in [0.15, 0.2) is 17.5 Å². The van der Waals surface area contributed by atoms with Crippen LogP contribution in [0.15, 0.2) is 212 Å². The molecule has 0 aliphatic carbocycles. The Morgan fingerprint density at radius 2 is 0.562 bits per heavy atom. The summed E-state index contributed by atoms with van der Waals surface area (Å²) in [7, 11) is 0. The summed E-state index contributed by atoms with van der Waals surface area (Å²) in [4.78, 5) is 15.2. The molecule has 302 valence electrons. The molecule has 3 heterocycles. The maximum absolute atomic E-state index is 5.12. The molecule has 0 atom stereocenters. The summed E-state index contributed by atoms with van der Waals surface area (Å²) < 4.78 is 4.79. The lowest BCUT2D eigenvalue weighted by atomic mass is 9.97. The summed E-state index contributed by atoms with van der Waals surface area (Å²) in [5.41, 5.74) is 17.0. The van der Waals surface area contributed by atoms with Gasteiger partial charge in [0, 0.05) is 49.6 Å². The number of para-hydroxylation sites is 4. The topological polar surface area (TPSA) is 48.5 Å². The van der Waals surface area contributed by atoms with Crippen LogP contribution in [0.3, 0.4) is 0 Å². The Labute approximate surface area is 371 Å².